The Hall–Kier alpha value is -2.24. The molecule has 1 aromatic carbocycles. The molecule has 1 amide bonds. The third-order valence-electron chi connectivity index (χ3n) is 2.63. The Labute approximate surface area is 110 Å². The summed E-state index contributed by atoms with van der Waals surface area (Å²) in [5, 5.41) is 10.9. The molecular formula is C13H16N4O2. The van der Waals surface area contributed by atoms with Crippen LogP contribution in [0.5, 0.6) is 0 Å². The van der Waals surface area contributed by atoms with Crippen LogP contribution in [0, 0.1) is 5.92 Å². The average Bonchev–Trinajstić information content (AvgIpc) is 2.40. The number of carbonyl (C=O) groups excluding carboxylic acids is 1. The number of hydrogen-bond acceptors (Lipinski definition) is 4. The van der Waals surface area contributed by atoms with Crippen molar-refractivity contribution in [2.45, 2.75) is 20.4 Å². The predicted molar refractivity (Wildman–Crippen MR) is 71.6 cm³/mol. The number of carbonyl (C=O) groups is 1. The molecule has 0 saturated heterocycles. The van der Waals surface area contributed by atoms with Gasteiger partial charge in [0.15, 0.2) is 0 Å². The van der Waals surface area contributed by atoms with Gasteiger partial charge in [0.05, 0.1) is 5.39 Å². The maximum atomic E-state index is 12.1. The van der Waals surface area contributed by atoms with Gasteiger partial charge in [-0.2, -0.15) is 0 Å². The van der Waals surface area contributed by atoms with Crippen LogP contribution in [0.15, 0.2) is 29.1 Å². The third kappa shape index (κ3) is 3.15. The van der Waals surface area contributed by atoms with Gasteiger partial charge in [0.25, 0.3) is 5.56 Å². The molecule has 19 heavy (non-hydrogen) atoms. The lowest BCUT2D eigenvalue weighted by Gasteiger charge is -2.08. The molecular weight excluding hydrogens is 244 g/mol. The molecule has 6 nitrogen and oxygen atoms in total. The highest BCUT2D eigenvalue weighted by Gasteiger charge is 2.09. The molecule has 0 radical (unpaired) electrons. The summed E-state index contributed by atoms with van der Waals surface area (Å²) in [4.78, 5) is 23.7. The van der Waals surface area contributed by atoms with E-state index in [0.717, 1.165) is 4.68 Å². The van der Waals surface area contributed by atoms with Crippen molar-refractivity contribution in [1.82, 2.24) is 20.3 Å². The summed E-state index contributed by atoms with van der Waals surface area (Å²) >= 11 is 0. The SMILES string of the molecule is CC(C)CNC(=O)Cn1nnc2ccccc2c1=O. The van der Waals surface area contributed by atoms with Gasteiger partial charge in [-0.15, -0.1) is 5.10 Å². The lowest BCUT2D eigenvalue weighted by Crippen LogP contribution is -2.35. The lowest BCUT2D eigenvalue weighted by atomic mass is 10.2. The van der Waals surface area contributed by atoms with Gasteiger partial charge in [0.2, 0.25) is 5.91 Å². The largest absolute Gasteiger partial charge is 0.354 e. The summed E-state index contributed by atoms with van der Waals surface area (Å²) in [7, 11) is 0. The zero-order chi connectivity index (χ0) is 13.8. The van der Waals surface area contributed by atoms with Gasteiger partial charge in [0.1, 0.15) is 12.1 Å². The van der Waals surface area contributed by atoms with Crippen molar-refractivity contribution in [1.29, 1.82) is 0 Å². The van der Waals surface area contributed by atoms with E-state index in [1.54, 1.807) is 24.3 Å². The highest BCUT2D eigenvalue weighted by molar-refractivity contribution is 5.78. The van der Waals surface area contributed by atoms with Crippen LogP contribution in [0.3, 0.4) is 0 Å². The Balaban J connectivity index is 2.20. The fourth-order valence-corrected chi connectivity index (χ4v) is 1.64. The summed E-state index contributed by atoms with van der Waals surface area (Å²) in [5.74, 6) is 0.128. The molecule has 1 N–H and O–H groups in total. The number of fused-ring (bicyclic) bond motifs is 1. The average molecular weight is 260 g/mol. The summed E-state index contributed by atoms with van der Waals surface area (Å²) in [5.41, 5.74) is 0.233. The monoisotopic (exact) mass is 260 g/mol. The van der Waals surface area contributed by atoms with Gasteiger partial charge >= 0.3 is 0 Å². The zero-order valence-electron chi connectivity index (χ0n) is 11.0. The minimum atomic E-state index is -0.301. The van der Waals surface area contributed by atoms with Crippen molar-refractivity contribution in [3.63, 3.8) is 0 Å². The van der Waals surface area contributed by atoms with E-state index >= 15 is 0 Å². The van der Waals surface area contributed by atoms with Gasteiger partial charge < -0.3 is 5.32 Å². The molecule has 6 heteroatoms. The Morgan fingerprint density at radius 2 is 2.11 bits per heavy atom. The van der Waals surface area contributed by atoms with Crippen molar-refractivity contribution < 1.29 is 4.79 Å². The van der Waals surface area contributed by atoms with E-state index in [0.29, 0.717) is 23.4 Å². The number of rotatable bonds is 4. The van der Waals surface area contributed by atoms with Crippen LogP contribution in [-0.2, 0) is 11.3 Å². The first-order valence-electron chi connectivity index (χ1n) is 6.17. The van der Waals surface area contributed by atoms with Gasteiger partial charge in [-0.25, -0.2) is 4.68 Å². The standard InChI is InChI=1S/C13H16N4O2/c1-9(2)7-14-12(18)8-17-13(19)10-5-3-4-6-11(10)15-16-17/h3-6,9H,7-8H2,1-2H3,(H,14,18). The highest BCUT2D eigenvalue weighted by Crippen LogP contribution is 2.03. The molecule has 0 fully saturated rings. The Morgan fingerprint density at radius 1 is 1.37 bits per heavy atom. The molecule has 0 aliphatic heterocycles. The molecule has 0 saturated carbocycles. The second kappa shape index (κ2) is 5.60. The van der Waals surface area contributed by atoms with Gasteiger partial charge in [-0.3, -0.25) is 9.59 Å². The fraction of sp³-hybridized carbons (Fsp3) is 0.385. The molecule has 2 aromatic rings. The van der Waals surface area contributed by atoms with Crippen LogP contribution in [0.1, 0.15) is 13.8 Å². The van der Waals surface area contributed by atoms with E-state index in [4.69, 9.17) is 0 Å². The van der Waals surface area contributed by atoms with Crippen LogP contribution in [0.4, 0.5) is 0 Å². The van der Waals surface area contributed by atoms with E-state index in [9.17, 15) is 9.59 Å². The maximum Gasteiger partial charge on any atom is 0.278 e. The van der Waals surface area contributed by atoms with Crippen molar-refractivity contribution in [3.8, 4) is 0 Å². The van der Waals surface area contributed by atoms with Gasteiger partial charge in [-0.05, 0) is 18.1 Å². The molecule has 1 aromatic heterocycles. The fourth-order valence-electron chi connectivity index (χ4n) is 1.64. The minimum Gasteiger partial charge on any atom is -0.354 e. The van der Waals surface area contributed by atoms with Gasteiger partial charge in [-0.1, -0.05) is 31.2 Å². The second-order valence-corrected chi connectivity index (χ2v) is 4.77. The Morgan fingerprint density at radius 3 is 2.84 bits per heavy atom. The summed E-state index contributed by atoms with van der Waals surface area (Å²) in [6.07, 6.45) is 0. The van der Waals surface area contributed by atoms with Crippen molar-refractivity contribution in [3.05, 3.63) is 34.6 Å². The van der Waals surface area contributed by atoms with Crippen LogP contribution < -0.4 is 10.9 Å². The normalized spacial score (nSPS) is 10.9. The van der Waals surface area contributed by atoms with E-state index in [1.807, 2.05) is 13.8 Å². The summed E-state index contributed by atoms with van der Waals surface area (Å²) in [6, 6.07) is 6.94. The number of aromatic nitrogens is 3. The zero-order valence-corrected chi connectivity index (χ0v) is 11.0. The smallest absolute Gasteiger partial charge is 0.278 e. The lowest BCUT2D eigenvalue weighted by molar-refractivity contribution is -0.122. The first-order chi connectivity index (χ1) is 9.08. The highest BCUT2D eigenvalue weighted by atomic mass is 16.2. The first-order valence-corrected chi connectivity index (χ1v) is 6.17. The molecule has 0 spiro atoms. The van der Waals surface area contributed by atoms with Crippen molar-refractivity contribution in [2.75, 3.05) is 6.54 Å². The number of nitrogens with zero attached hydrogens (tertiary/aromatic N) is 3. The summed E-state index contributed by atoms with van der Waals surface area (Å²) in [6.45, 7) is 4.47. The molecule has 0 unspecified atom stereocenters. The third-order valence-corrected chi connectivity index (χ3v) is 2.63. The van der Waals surface area contributed by atoms with E-state index in [2.05, 4.69) is 15.6 Å². The van der Waals surface area contributed by atoms with Crippen LogP contribution in [0.2, 0.25) is 0 Å². The summed E-state index contributed by atoms with van der Waals surface area (Å²) < 4.78 is 1.08. The van der Waals surface area contributed by atoms with Gasteiger partial charge in [0, 0.05) is 6.54 Å². The Bertz CT molecular complexity index is 648. The Kier molecular flexibility index (Phi) is 3.89. The van der Waals surface area contributed by atoms with Crippen LogP contribution >= 0.6 is 0 Å². The van der Waals surface area contributed by atoms with Crippen LogP contribution in [-0.4, -0.2) is 27.4 Å². The molecule has 0 aliphatic rings. The predicted octanol–water partition coefficient (Wildman–Crippen LogP) is 0.564. The molecule has 0 bridgehead atoms. The minimum absolute atomic E-state index is 0.108. The maximum absolute atomic E-state index is 12.1. The van der Waals surface area contributed by atoms with E-state index in [1.165, 1.54) is 0 Å². The molecule has 2 rings (SSSR count). The number of amides is 1. The van der Waals surface area contributed by atoms with Crippen molar-refractivity contribution >= 4 is 16.8 Å². The van der Waals surface area contributed by atoms with Crippen molar-refractivity contribution in [2.24, 2.45) is 5.92 Å². The van der Waals surface area contributed by atoms with E-state index in [-0.39, 0.29) is 18.0 Å². The quantitative estimate of drug-likeness (QED) is 0.871. The van der Waals surface area contributed by atoms with E-state index < -0.39 is 0 Å². The second-order valence-electron chi connectivity index (χ2n) is 4.77. The molecule has 100 valence electrons. The van der Waals surface area contributed by atoms with Crippen LogP contribution in [0.25, 0.3) is 10.9 Å². The molecule has 0 aliphatic carbocycles. The topological polar surface area (TPSA) is 76.9 Å². The number of nitrogens with one attached hydrogen (secondary N) is 1. The number of benzene rings is 1. The number of hydrogen-bond donors (Lipinski definition) is 1. The first kappa shape index (κ1) is 13.2. The molecule has 0 atom stereocenters. The molecule has 1 heterocycles.